The minimum Gasteiger partial charge on any atom is -0.357 e. The summed E-state index contributed by atoms with van der Waals surface area (Å²) in [5, 5.41) is 10.8. The summed E-state index contributed by atoms with van der Waals surface area (Å²) in [6, 6.07) is 14.5. The summed E-state index contributed by atoms with van der Waals surface area (Å²) in [6.45, 7) is 0. The second-order valence-electron chi connectivity index (χ2n) is 4.84. The van der Waals surface area contributed by atoms with Gasteiger partial charge in [0.2, 0.25) is 5.72 Å². The van der Waals surface area contributed by atoms with Gasteiger partial charge in [-0.25, -0.2) is 0 Å². The quantitative estimate of drug-likeness (QED) is 0.748. The molecule has 2 aromatic rings. The average Bonchev–Trinajstić information content (AvgIpc) is 2.70. The zero-order chi connectivity index (χ0) is 15.0. The van der Waals surface area contributed by atoms with Gasteiger partial charge in [-0.1, -0.05) is 40.0 Å². The Morgan fingerprint density at radius 1 is 1.14 bits per heavy atom. The van der Waals surface area contributed by atoms with Gasteiger partial charge in [0.1, 0.15) is 0 Å². The standard InChI is InChI=1S/C17H12BrNO2/c1-19-16(20)14-4-2-3-5-15(14)17(19,21)11-10-12-6-8-13(18)9-7-12/h2-9,21H,1H3. The van der Waals surface area contributed by atoms with Crippen molar-refractivity contribution in [2.24, 2.45) is 0 Å². The molecular weight excluding hydrogens is 330 g/mol. The maximum Gasteiger partial charge on any atom is 0.257 e. The van der Waals surface area contributed by atoms with Crippen LogP contribution in [0.2, 0.25) is 0 Å². The number of carbonyl (C=O) groups excluding carboxylic acids is 1. The Hall–Kier alpha value is -2.09. The summed E-state index contributed by atoms with van der Waals surface area (Å²) >= 11 is 3.36. The van der Waals surface area contributed by atoms with Crippen LogP contribution in [0.4, 0.5) is 0 Å². The van der Waals surface area contributed by atoms with Crippen molar-refractivity contribution in [2.45, 2.75) is 5.72 Å². The summed E-state index contributed by atoms with van der Waals surface area (Å²) in [6.07, 6.45) is 0. The lowest BCUT2D eigenvalue weighted by atomic mass is 10.0. The van der Waals surface area contributed by atoms with Crippen LogP contribution in [0.5, 0.6) is 0 Å². The SMILES string of the molecule is CN1C(=O)c2ccccc2C1(O)C#Cc1ccc(Br)cc1. The fourth-order valence-electron chi connectivity index (χ4n) is 2.33. The number of benzene rings is 2. The van der Waals surface area contributed by atoms with E-state index in [9.17, 15) is 9.90 Å². The van der Waals surface area contributed by atoms with E-state index in [0.29, 0.717) is 11.1 Å². The van der Waals surface area contributed by atoms with Crippen molar-refractivity contribution in [3.8, 4) is 11.8 Å². The van der Waals surface area contributed by atoms with Gasteiger partial charge < -0.3 is 5.11 Å². The maximum atomic E-state index is 12.2. The summed E-state index contributed by atoms with van der Waals surface area (Å²) < 4.78 is 0.963. The molecule has 1 unspecified atom stereocenters. The van der Waals surface area contributed by atoms with E-state index in [1.807, 2.05) is 24.3 Å². The number of hydrogen-bond acceptors (Lipinski definition) is 2. The van der Waals surface area contributed by atoms with E-state index in [2.05, 4.69) is 27.8 Å². The number of carbonyl (C=O) groups is 1. The number of aliphatic hydroxyl groups is 1. The Labute approximate surface area is 131 Å². The molecule has 21 heavy (non-hydrogen) atoms. The fraction of sp³-hybridized carbons (Fsp3) is 0.118. The first kappa shape index (κ1) is 13.9. The highest BCUT2D eigenvalue weighted by Gasteiger charge is 2.45. The Kier molecular flexibility index (Phi) is 3.32. The van der Waals surface area contributed by atoms with E-state index in [1.54, 1.807) is 31.3 Å². The molecule has 3 rings (SSSR count). The van der Waals surface area contributed by atoms with Crippen LogP contribution in [0.15, 0.2) is 53.0 Å². The summed E-state index contributed by atoms with van der Waals surface area (Å²) in [5.74, 6) is 5.53. The molecule has 0 saturated heterocycles. The molecule has 0 spiro atoms. The molecule has 0 bridgehead atoms. The fourth-order valence-corrected chi connectivity index (χ4v) is 2.59. The Morgan fingerprint density at radius 2 is 1.81 bits per heavy atom. The van der Waals surface area contributed by atoms with Crippen LogP contribution in [-0.4, -0.2) is 23.0 Å². The lowest BCUT2D eigenvalue weighted by molar-refractivity contribution is -0.0223. The van der Waals surface area contributed by atoms with E-state index in [4.69, 9.17) is 0 Å². The second kappa shape index (κ2) is 5.03. The highest BCUT2D eigenvalue weighted by molar-refractivity contribution is 9.10. The van der Waals surface area contributed by atoms with Crippen LogP contribution in [0.3, 0.4) is 0 Å². The number of hydrogen-bond donors (Lipinski definition) is 1. The van der Waals surface area contributed by atoms with Crippen LogP contribution < -0.4 is 0 Å². The van der Waals surface area contributed by atoms with E-state index < -0.39 is 5.72 Å². The Balaban J connectivity index is 2.06. The molecule has 1 heterocycles. The number of halogens is 1. The predicted octanol–water partition coefficient (Wildman–Crippen LogP) is 2.73. The predicted molar refractivity (Wildman–Crippen MR) is 83.5 cm³/mol. The van der Waals surface area contributed by atoms with Crippen LogP contribution >= 0.6 is 15.9 Å². The third-order valence-electron chi connectivity index (χ3n) is 3.55. The first-order chi connectivity index (χ1) is 10.0. The third kappa shape index (κ3) is 2.25. The molecule has 0 saturated carbocycles. The molecule has 0 radical (unpaired) electrons. The summed E-state index contributed by atoms with van der Waals surface area (Å²) in [7, 11) is 1.55. The molecule has 1 aliphatic heterocycles. The highest BCUT2D eigenvalue weighted by atomic mass is 79.9. The van der Waals surface area contributed by atoms with Gasteiger partial charge >= 0.3 is 0 Å². The molecule has 4 heteroatoms. The van der Waals surface area contributed by atoms with Gasteiger partial charge in [-0.2, -0.15) is 0 Å². The molecular formula is C17H12BrNO2. The van der Waals surface area contributed by atoms with Crippen LogP contribution in [0, 0.1) is 11.8 Å². The molecule has 0 fully saturated rings. The lowest BCUT2D eigenvalue weighted by Gasteiger charge is -2.25. The normalized spacial score (nSPS) is 20.0. The monoisotopic (exact) mass is 341 g/mol. The number of fused-ring (bicyclic) bond motifs is 1. The molecule has 1 aliphatic rings. The molecule has 1 N–H and O–H groups in total. The number of amides is 1. The number of nitrogens with zero attached hydrogens (tertiary/aromatic N) is 1. The van der Waals surface area contributed by atoms with E-state index in [-0.39, 0.29) is 5.91 Å². The van der Waals surface area contributed by atoms with Crippen molar-refractivity contribution < 1.29 is 9.90 Å². The summed E-state index contributed by atoms with van der Waals surface area (Å²) in [5.41, 5.74) is 0.215. The molecule has 2 aromatic carbocycles. The zero-order valence-electron chi connectivity index (χ0n) is 11.3. The third-order valence-corrected chi connectivity index (χ3v) is 4.08. The smallest absolute Gasteiger partial charge is 0.257 e. The average molecular weight is 342 g/mol. The Bertz CT molecular complexity index is 773. The van der Waals surface area contributed by atoms with E-state index in [0.717, 1.165) is 10.0 Å². The largest absolute Gasteiger partial charge is 0.357 e. The Morgan fingerprint density at radius 3 is 2.52 bits per heavy atom. The van der Waals surface area contributed by atoms with Crippen LogP contribution in [0.25, 0.3) is 0 Å². The lowest BCUT2D eigenvalue weighted by Crippen LogP contribution is -2.39. The highest BCUT2D eigenvalue weighted by Crippen LogP contribution is 2.35. The maximum absolute atomic E-state index is 12.2. The minimum atomic E-state index is -1.58. The van der Waals surface area contributed by atoms with Crippen LogP contribution in [0.1, 0.15) is 21.5 Å². The first-order valence-electron chi connectivity index (χ1n) is 6.41. The van der Waals surface area contributed by atoms with Gasteiger partial charge in [0.25, 0.3) is 5.91 Å². The van der Waals surface area contributed by atoms with Crippen molar-refractivity contribution in [3.05, 3.63) is 69.7 Å². The summed E-state index contributed by atoms with van der Waals surface area (Å²) in [4.78, 5) is 13.4. The van der Waals surface area contributed by atoms with E-state index >= 15 is 0 Å². The first-order valence-corrected chi connectivity index (χ1v) is 7.20. The van der Waals surface area contributed by atoms with Gasteiger partial charge in [-0.3, -0.25) is 9.69 Å². The van der Waals surface area contributed by atoms with Gasteiger partial charge in [0, 0.05) is 28.2 Å². The molecule has 104 valence electrons. The second-order valence-corrected chi connectivity index (χ2v) is 5.75. The minimum absolute atomic E-state index is 0.224. The zero-order valence-corrected chi connectivity index (χ0v) is 12.9. The van der Waals surface area contributed by atoms with Gasteiger partial charge in [-0.05, 0) is 36.3 Å². The molecule has 3 nitrogen and oxygen atoms in total. The molecule has 1 atom stereocenters. The van der Waals surface area contributed by atoms with Crippen molar-refractivity contribution in [3.63, 3.8) is 0 Å². The van der Waals surface area contributed by atoms with Crippen LogP contribution in [-0.2, 0) is 5.72 Å². The van der Waals surface area contributed by atoms with Gasteiger partial charge in [-0.15, -0.1) is 0 Å². The van der Waals surface area contributed by atoms with Crippen molar-refractivity contribution in [1.82, 2.24) is 4.90 Å². The van der Waals surface area contributed by atoms with Gasteiger partial charge in [0.05, 0.1) is 0 Å². The topological polar surface area (TPSA) is 40.5 Å². The van der Waals surface area contributed by atoms with Gasteiger partial charge in [0.15, 0.2) is 0 Å². The van der Waals surface area contributed by atoms with Crippen molar-refractivity contribution in [1.29, 1.82) is 0 Å². The molecule has 0 aromatic heterocycles. The van der Waals surface area contributed by atoms with Crippen molar-refractivity contribution in [2.75, 3.05) is 7.05 Å². The van der Waals surface area contributed by atoms with Crippen molar-refractivity contribution >= 4 is 21.8 Å². The molecule has 0 aliphatic carbocycles. The van der Waals surface area contributed by atoms with E-state index in [1.165, 1.54) is 4.90 Å². The number of rotatable bonds is 0. The molecule has 1 amide bonds.